The first-order valence-corrected chi connectivity index (χ1v) is 5.67. The standard InChI is InChI=1S/C13H11FOS/c1-15-10-5-4-6-11(9-10)16-13-8-3-2-7-12(13)14/h2-9H,1H3. The number of hydrogen-bond acceptors (Lipinski definition) is 2. The molecule has 2 aromatic carbocycles. The smallest absolute Gasteiger partial charge is 0.137 e. The van der Waals surface area contributed by atoms with E-state index in [4.69, 9.17) is 4.74 Å². The summed E-state index contributed by atoms with van der Waals surface area (Å²) in [5.74, 6) is 0.580. The largest absolute Gasteiger partial charge is 0.497 e. The van der Waals surface area contributed by atoms with Crippen LogP contribution < -0.4 is 4.74 Å². The van der Waals surface area contributed by atoms with Gasteiger partial charge in [-0.05, 0) is 30.3 Å². The van der Waals surface area contributed by atoms with Crippen LogP contribution in [0.1, 0.15) is 0 Å². The summed E-state index contributed by atoms with van der Waals surface area (Å²) < 4.78 is 18.5. The molecule has 2 aromatic rings. The quantitative estimate of drug-likeness (QED) is 0.794. The molecule has 2 rings (SSSR count). The molecular weight excluding hydrogens is 223 g/mol. The second-order valence-corrected chi connectivity index (χ2v) is 4.33. The van der Waals surface area contributed by atoms with Crippen molar-refractivity contribution in [2.75, 3.05) is 7.11 Å². The maximum Gasteiger partial charge on any atom is 0.137 e. The third-order valence-electron chi connectivity index (χ3n) is 2.11. The number of methoxy groups -OCH3 is 1. The van der Waals surface area contributed by atoms with E-state index in [1.807, 2.05) is 30.3 Å². The first kappa shape index (κ1) is 11.0. The van der Waals surface area contributed by atoms with E-state index in [0.717, 1.165) is 10.6 Å². The molecule has 0 saturated heterocycles. The fraction of sp³-hybridized carbons (Fsp3) is 0.0769. The summed E-state index contributed by atoms with van der Waals surface area (Å²) in [6, 6.07) is 14.3. The summed E-state index contributed by atoms with van der Waals surface area (Å²) in [5, 5.41) is 0. The van der Waals surface area contributed by atoms with Gasteiger partial charge in [0, 0.05) is 9.79 Å². The Kier molecular flexibility index (Phi) is 3.47. The molecule has 3 heteroatoms. The van der Waals surface area contributed by atoms with Gasteiger partial charge >= 0.3 is 0 Å². The van der Waals surface area contributed by atoms with Gasteiger partial charge in [0.25, 0.3) is 0 Å². The van der Waals surface area contributed by atoms with Gasteiger partial charge in [-0.3, -0.25) is 0 Å². The van der Waals surface area contributed by atoms with Crippen LogP contribution in [0, 0.1) is 5.82 Å². The molecule has 0 aliphatic carbocycles. The van der Waals surface area contributed by atoms with Crippen molar-refractivity contribution in [1.82, 2.24) is 0 Å². The minimum Gasteiger partial charge on any atom is -0.497 e. The molecule has 0 fully saturated rings. The molecule has 1 nitrogen and oxygen atoms in total. The number of halogens is 1. The van der Waals surface area contributed by atoms with Crippen LogP contribution in [-0.2, 0) is 0 Å². The van der Waals surface area contributed by atoms with Crippen molar-refractivity contribution in [3.05, 3.63) is 54.3 Å². The van der Waals surface area contributed by atoms with E-state index >= 15 is 0 Å². The Hall–Kier alpha value is -1.48. The molecule has 0 aromatic heterocycles. The molecule has 0 aliphatic rings. The number of hydrogen-bond donors (Lipinski definition) is 0. The molecule has 0 atom stereocenters. The summed E-state index contributed by atoms with van der Waals surface area (Å²) in [6.45, 7) is 0. The molecule has 0 heterocycles. The first-order valence-electron chi connectivity index (χ1n) is 4.86. The monoisotopic (exact) mass is 234 g/mol. The van der Waals surface area contributed by atoms with E-state index in [2.05, 4.69) is 0 Å². The van der Waals surface area contributed by atoms with Crippen LogP contribution >= 0.6 is 11.8 Å². The number of ether oxygens (including phenoxy) is 1. The first-order chi connectivity index (χ1) is 7.79. The lowest BCUT2D eigenvalue weighted by atomic mass is 10.3. The fourth-order valence-corrected chi connectivity index (χ4v) is 2.21. The zero-order valence-electron chi connectivity index (χ0n) is 8.81. The summed E-state index contributed by atoms with van der Waals surface area (Å²) in [6.07, 6.45) is 0. The highest BCUT2D eigenvalue weighted by molar-refractivity contribution is 7.99. The second-order valence-electron chi connectivity index (χ2n) is 3.21. The summed E-state index contributed by atoms with van der Waals surface area (Å²) in [5.41, 5.74) is 0. The van der Waals surface area contributed by atoms with E-state index < -0.39 is 0 Å². The predicted molar refractivity (Wildman–Crippen MR) is 63.5 cm³/mol. The summed E-state index contributed by atoms with van der Waals surface area (Å²) in [4.78, 5) is 1.58. The molecule has 0 amide bonds. The third kappa shape index (κ3) is 2.55. The van der Waals surface area contributed by atoms with Crippen molar-refractivity contribution >= 4 is 11.8 Å². The topological polar surface area (TPSA) is 9.23 Å². The van der Waals surface area contributed by atoms with Gasteiger partial charge in [0.2, 0.25) is 0 Å². The average molecular weight is 234 g/mol. The van der Waals surface area contributed by atoms with Crippen LogP contribution in [0.2, 0.25) is 0 Å². The molecule has 0 N–H and O–H groups in total. The normalized spacial score (nSPS) is 10.1. The number of rotatable bonds is 3. The molecule has 0 saturated carbocycles. The van der Waals surface area contributed by atoms with Gasteiger partial charge in [0.1, 0.15) is 11.6 Å². The Bertz CT molecular complexity index is 485. The number of benzene rings is 2. The van der Waals surface area contributed by atoms with E-state index in [9.17, 15) is 4.39 Å². The third-order valence-corrected chi connectivity index (χ3v) is 3.15. The summed E-state index contributed by atoms with van der Waals surface area (Å²) >= 11 is 1.39. The van der Waals surface area contributed by atoms with Crippen LogP contribution in [0.5, 0.6) is 5.75 Å². The highest BCUT2D eigenvalue weighted by Crippen LogP contribution is 2.31. The van der Waals surface area contributed by atoms with Crippen LogP contribution in [0.3, 0.4) is 0 Å². The van der Waals surface area contributed by atoms with Gasteiger partial charge in [-0.15, -0.1) is 0 Å². The predicted octanol–water partition coefficient (Wildman–Crippen LogP) is 3.99. The Labute approximate surface area is 98.3 Å². The second kappa shape index (κ2) is 5.03. The van der Waals surface area contributed by atoms with Crippen molar-refractivity contribution < 1.29 is 9.13 Å². The SMILES string of the molecule is COc1cccc(Sc2ccccc2F)c1. The Balaban J connectivity index is 2.24. The van der Waals surface area contributed by atoms with E-state index in [-0.39, 0.29) is 5.82 Å². The van der Waals surface area contributed by atoms with E-state index in [1.54, 1.807) is 19.2 Å². The minimum atomic E-state index is -0.199. The molecule has 16 heavy (non-hydrogen) atoms. The Morgan fingerprint density at radius 1 is 1.06 bits per heavy atom. The van der Waals surface area contributed by atoms with E-state index in [0.29, 0.717) is 4.90 Å². The highest BCUT2D eigenvalue weighted by Gasteiger charge is 2.03. The average Bonchev–Trinajstić information content (AvgIpc) is 2.32. The summed E-state index contributed by atoms with van der Waals surface area (Å²) in [7, 11) is 1.62. The fourth-order valence-electron chi connectivity index (χ4n) is 1.32. The maximum absolute atomic E-state index is 13.4. The van der Waals surface area contributed by atoms with Crippen LogP contribution in [0.15, 0.2) is 58.3 Å². The lowest BCUT2D eigenvalue weighted by Gasteiger charge is -2.04. The molecule has 0 bridgehead atoms. The molecule has 82 valence electrons. The van der Waals surface area contributed by atoms with E-state index in [1.165, 1.54) is 17.8 Å². The lowest BCUT2D eigenvalue weighted by molar-refractivity contribution is 0.413. The maximum atomic E-state index is 13.4. The van der Waals surface area contributed by atoms with Crippen molar-refractivity contribution in [3.63, 3.8) is 0 Å². The molecule has 0 radical (unpaired) electrons. The molecule has 0 spiro atoms. The zero-order valence-corrected chi connectivity index (χ0v) is 9.63. The van der Waals surface area contributed by atoms with Gasteiger partial charge in [-0.25, -0.2) is 4.39 Å². The molecule has 0 aliphatic heterocycles. The van der Waals surface area contributed by atoms with Gasteiger partial charge in [0.15, 0.2) is 0 Å². The van der Waals surface area contributed by atoms with Gasteiger partial charge < -0.3 is 4.74 Å². The van der Waals surface area contributed by atoms with Crippen LogP contribution in [-0.4, -0.2) is 7.11 Å². The van der Waals surface area contributed by atoms with Crippen LogP contribution in [0.25, 0.3) is 0 Å². The van der Waals surface area contributed by atoms with Gasteiger partial charge in [-0.1, -0.05) is 30.0 Å². The zero-order chi connectivity index (χ0) is 11.4. The highest BCUT2D eigenvalue weighted by atomic mass is 32.2. The van der Waals surface area contributed by atoms with Gasteiger partial charge in [0.05, 0.1) is 7.11 Å². The van der Waals surface area contributed by atoms with Crippen LogP contribution in [0.4, 0.5) is 4.39 Å². The van der Waals surface area contributed by atoms with Gasteiger partial charge in [-0.2, -0.15) is 0 Å². The van der Waals surface area contributed by atoms with Crippen molar-refractivity contribution in [3.8, 4) is 5.75 Å². The van der Waals surface area contributed by atoms with Crippen molar-refractivity contribution in [2.24, 2.45) is 0 Å². The minimum absolute atomic E-state index is 0.199. The Morgan fingerprint density at radius 3 is 2.62 bits per heavy atom. The van der Waals surface area contributed by atoms with Crippen molar-refractivity contribution in [1.29, 1.82) is 0 Å². The lowest BCUT2D eigenvalue weighted by Crippen LogP contribution is -1.83. The van der Waals surface area contributed by atoms with Crippen molar-refractivity contribution in [2.45, 2.75) is 9.79 Å². The molecular formula is C13H11FOS. The Morgan fingerprint density at radius 2 is 1.88 bits per heavy atom. The molecule has 0 unspecified atom stereocenters.